The Morgan fingerprint density at radius 3 is 2.12 bits per heavy atom. The Bertz CT molecular complexity index is 1230. The number of benzene rings is 1. The summed E-state index contributed by atoms with van der Waals surface area (Å²) in [5, 5.41) is 4.17. The summed E-state index contributed by atoms with van der Waals surface area (Å²) < 4.78 is 63.3. The Labute approximate surface area is 204 Å². The number of alkyl halides is 3. The first kappa shape index (κ1) is 27.8. The molecule has 0 amide bonds. The third-order valence-electron chi connectivity index (χ3n) is 4.95. The zero-order chi connectivity index (χ0) is 25.5. The summed E-state index contributed by atoms with van der Waals surface area (Å²) in [6.07, 6.45) is 6.31. The number of nitrogens with two attached hydrogens (primary N) is 1. The second-order valence-corrected chi connectivity index (χ2v) is 8.76. The van der Waals surface area contributed by atoms with Gasteiger partial charge in [-0.05, 0) is 39.5 Å². The van der Waals surface area contributed by atoms with Gasteiger partial charge in [-0.1, -0.05) is 38.5 Å². The molecule has 0 spiro atoms. The van der Waals surface area contributed by atoms with Crippen LogP contribution in [0.2, 0.25) is 0 Å². The molecule has 1 aliphatic rings. The van der Waals surface area contributed by atoms with Crippen LogP contribution in [0.4, 0.5) is 27.1 Å². The van der Waals surface area contributed by atoms with Crippen LogP contribution in [0.15, 0.2) is 44.7 Å². The molecule has 1 saturated carbocycles. The van der Waals surface area contributed by atoms with Crippen molar-refractivity contribution in [3.05, 3.63) is 67.2 Å². The van der Waals surface area contributed by atoms with Gasteiger partial charge in [-0.2, -0.15) is 18.3 Å². The molecule has 2 aromatic heterocycles. The molecule has 0 atom stereocenters. The van der Waals surface area contributed by atoms with Gasteiger partial charge >= 0.3 is 6.18 Å². The molecule has 13 heteroatoms. The first-order valence-electron chi connectivity index (χ1n) is 10.2. The highest BCUT2D eigenvalue weighted by atomic mass is 79.9. The SMILES string of the molecule is C1CCCCC1.Cn1ccc2cc(Br)c(F)cc2c1=O.Nc1cnn(SF)c(=O)c1C(F)(F)F. The average molecular weight is 569 g/mol. The molecule has 2 heterocycles. The molecule has 1 fully saturated rings. The maximum Gasteiger partial charge on any atom is 0.423 e. The molecule has 3 aromatic rings. The van der Waals surface area contributed by atoms with Gasteiger partial charge in [-0.25, -0.2) is 4.39 Å². The van der Waals surface area contributed by atoms with Gasteiger partial charge in [-0.3, -0.25) is 9.59 Å². The largest absolute Gasteiger partial charge is 0.423 e. The minimum atomic E-state index is -4.92. The van der Waals surface area contributed by atoms with Crippen LogP contribution in [0, 0.1) is 5.82 Å². The van der Waals surface area contributed by atoms with Crippen molar-refractivity contribution in [2.75, 3.05) is 5.73 Å². The maximum atomic E-state index is 13.2. The number of anilines is 1. The predicted molar refractivity (Wildman–Crippen MR) is 127 cm³/mol. The van der Waals surface area contributed by atoms with Crippen LogP contribution in [0.5, 0.6) is 0 Å². The highest BCUT2D eigenvalue weighted by Gasteiger charge is 2.37. The van der Waals surface area contributed by atoms with E-state index in [1.807, 2.05) is 0 Å². The number of nitrogens with zero attached hydrogens (tertiary/aromatic N) is 3. The van der Waals surface area contributed by atoms with Gasteiger partial charge in [0.25, 0.3) is 11.1 Å². The standard InChI is InChI=1S/C10H7BrFNO.C6H12.C5H3F4N3OS/c1-13-3-2-6-4-8(11)9(12)5-7(6)10(13)14;1-2-4-6-5-3-1;6-5(7,8)3-2(10)1-11-12(14-9)4(3)13/h2-5H,1H3;1-6H2;1H,10H2. The van der Waals surface area contributed by atoms with Crippen LogP contribution in [0.1, 0.15) is 44.1 Å². The molecule has 0 bridgehead atoms. The zero-order valence-electron chi connectivity index (χ0n) is 18.0. The molecule has 0 aliphatic heterocycles. The Morgan fingerprint density at radius 2 is 1.62 bits per heavy atom. The van der Waals surface area contributed by atoms with Gasteiger partial charge in [0.1, 0.15) is 11.4 Å². The molecule has 186 valence electrons. The Balaban J connectivity index is 0.000000194. The summed E-state index contributed by atoms with van der Waals surface area (Å²) in [6.45, 7) is 0. The van der Waals surface area contributed by atoms with Gasteiger partial charge in [0.05, 0.1) is 21.7 Å². The van der Waals surface area contributed by atoms with E-state index in [9.17, 15) is 31.0 Å². The van der Waals surface area contributed by atoms with Crippen LogP contribution in [0.3, 0.4) is 0 Å². The van der Waals surface area contributed by atoms with Crippen molar-refractivity contribution in [2.45, 2.75) is 44.7 Å². The normalized spacial score (nSPS) is 13.5. The molecular formula is C21H22BrF5N4O2S. The van der Waals surface area contributed by atoms with Crippen molar-refractivity contribution in [1.29, 1.82) is 0 Å². The highest BCUT2D eigenvalue weighted by molar-refractivity contribution is 9.10. The minimum absolute atomic E-state index is 0.0425. The van der Waals surface area contributed by atoms with E-state index < -0.39 is 41.1 Å². The first-order valence-corrected chi connectivity index (χ1v) is 11.6. The van der Waals surface area contributed by atoms with E-state index in [1.54, 1.807) is 25.4 Å². The van der Waals surface area contributed by atoms with Crippen LogP contribution in [-0.4, -0.2) is 13.8 Å². The van der Waals surface area contributed by atoms with Crippen molar-refractivity contribution >= 4 is 44.7 Å². The summed E-state index contributed by atoms with van der Waals surface area (Å²) in [4.78, 5) is 22.5. The van der Waals surface area contributed by atoms with E-state index in [2.05, 4.69) is 21.0 Å². The van der Waals surface area contributed by atoms with Crippen LogP contribution < -0.4 is 16.9 Å². The lowest BCUT2D eigenvalue weighted by Crippen LogP contribution is -2.28. The topological polar surface area (TPSA) is 82.9 Å². The van der Waals surface area contributed by atoms with Gasteiger partial charge in [0.15, 0.2) is 12.3 Å². The Morgan fingerprint density at radius 1 is 1.06 bits per heavy atom. The van der Waals surface area contributed by atoms with E-state index in [1.165, 1.54) is 49.2 Å². The van der Waals surface area contributed by atoms with E-state index in [4.69, 9.17) is 5.73 Å². The summed E-state index contributed by atoms with van der Waals surface area (Å²) >= 11 is 2.35. The van der Waals surface area contributed by atoms with E-state index in [0.29, 0.717) is 16.1 Å². The molecule has 4 rings (SSSR count). The number of halogens is 6. The van der Waals surface area contributed by atoms with Gasteiger partial charge in [0, 0.05) is 13.2 Å². The lowest BCUT2D eigenvalue weighted by Gasteiger charge is -2.08. The molecule has 1 aliphatic carbocycles. The molecular weight excluding hydrogens is 547 g/mol. The highest BCUT2D eigenvalue weighted by Crippen LogP contribution is 2.30. The predicted octanol–water partition coefficient (Wildman–Crippen LogP) is 6.01. The van der Waals surface area contributed by atoms with Crippen molar-refractivity contribution in [3.8, 4) is 0 Å². The number of aryl methyl sites for hydroxylation is 1. The fourth-order valence-corrected chi connectivity index (χ4v) is 3.78. The second-order valence-electron chi connectivity index (χ2n) is 7.43. The molecule has 1 aromatic carbocycles. The van der Waals surface area contributed by atoms with Crippen molar-refractivity contribution in [2.24, 2.45) is 7.05 Å². The van der Waals surface area contributed by atoms with Crippen LogP contribution >= 0.6 is 28.3 Å². The monoisotopic (exact) mass is 568 g/mol. The molecule has 2 N–H and O–H groups in total. The number of nitrogen functional groups attached to an aromatic ring is 1. The number of fused-ring (bicyclic) bond motifs is 1. The molecule has 34 heavy (non-hydrogen) atoms. The van der Waals surface area contributed by atoms with E-state index in [-0.39, 0.29) is 9.65 Å². The Kier molecular flexibility index (Phi) is 10.1. The third kappa shape index (κ3) is 7.29. The second kappa shape index (κ2) is 12.3. The van der Waals surface area contributed by atoms with Crippen molar-refractivity contribution in [3.63, 3.8) is 0 Å². The number of hydrogen-bond donors (Lipinski definition) is 1. The number of rotatable bonds is 1. The van der Waals surface area contributed by atoms with Gasteiger partial charge in [0.2, 0.25) is 0 Å². The summed E-state index contributed by atoms with van der Waals surface area (Å²) in [5.74, 6) is -0.416. The molecule has 6 nitrogen and oxygen atoms in total. The van der Waals surface area contributed by atoms with Crippen LogP contribution in [-0.2, 0) is 13.2 Å². The summed E-state index contributed by atoms with van der Waals surface area (Å²) in [7, 11) is 1.64. The van der Waals surface area contributed by atoms with Crippen LogP contribution in [0.25, 0.3) is 10.8 Å². The zero-order valence-corrected chi connectivity index (χ0v) is 20.4. The van der Waals surface area contributed by atoms with Crippen molar-refractivity contribution in [1.82, 2.24) is 13.8 Å². The maximum absolute atomic E-state index is 13.2. The van der Waals surface area contributed by atoms with Crippen molar-refractivity contribution < 1.29 is 21.4 Å². The summed E-state index contributed by atoms with van der Waals surface area (Å²) in [5.41, 5.74) is 0.658. The average Bonchev–Trinajstić information content (AvgIpc) is 2.79. The number of aromatic nitrogens is 3. The fraction of sp³-hybridized carbons (Fsp3) is 0.381. The third-order valence-corrected chi connectivity index (χ3v) is 5.95. The summed E-state index contributed by atoms with van der Waals surface area (Å²) in [6, 6.07) is 4.63. The lowest BCUT2D eigenvalue weighted by molar-refractivity contribution is -0.138. The van der Waals surface area contributed by atoms with E-state index in [0.717, 1.165) is 5.39 Å². The van der Waals surface area contributed by atoms with E-state index >= 15 is 0 Å². The Hall–Kier alpha value is -2.41. The quantitative estimate of drug-likeness (QED) is 0.364. The van der Waals surface area contributed by atoms with Gasteiger partial charge < -0.3 is 10.3 Å². The van der Waals surface area contributed by atoms with Gasteiger partial charge in [-0.15, -0.1) is 7.97 Å². The molecule has 0 saturated heterocycles. The number of pyridine rings is 1. The smallest absolute Gasteiger partial charge is 0.397 e. The fourth-order valence-electron chi connectivity index (χ4n) is 3.18. The minimum Gasteiger partial charge on any atom is -0.397 e. The molecule has 0 radical (unpaired) electrons. The molecule has 0 unspecified atom stereocenters. The number of hydrogen-bond acceptors (Lipinski definition) is 5. The first-order chi connectivity index (χ1) is 16.0. The lowest BCUT2D eigenvalue weighted by atomic mass is 10.0.